The molecule has 0 aliphatic heterocycles. The molecule has 1 aliphatic rings. The van der Waals surface area contributed by atoms with Gasteiger partial charge in [-0.1, -0.05) is 6.08 Å². The molecule has 0 fully saturated rings. The first-order valence-corrected chi connectivity index (χ1v) is 5.73. The average molecular weight is 213 g/mol. The van der Waals surface area contributed by atoms with Crippen LogP contribution in [-0.4, -0.2) is 17.3 Å². The summed E-state index contributed by atoms with van der Waals surface area (Å²) in [5.74, 6) is 0. The number of thiocarbonyl (C=S) groups is 1. The minimum absolute atomic E-state index is 0.177. The van der Waals surface area contributed by atoms with E-state index < -0.39 is 0 Å². The van der Waals surface area contributed by atoms with E-state index in [1.807, 2.05) is 0 Å². The van der Waals surface area contributed by atoms with Crippen molar-refractivity contribution in [3.8, 4) is 0 Å². The molecule has 1 aliphatic carbocycles. The van der Waals surface area contributed by atoms with Crippen molar-refractivity contribution in [2.75, 3.05) is 0 Å². The standard InChI is InChI=1S/C11H19NOS/c1-9(2)12-11(14)13-10-7-5-3-4-6-8-10/h5,7,9-10H,3-4,6,8H2,1-2H3,(H,12,14)/t10-/m0/s1. The van der Waals surface area contributed by atoms with Gasteiger partial charge >= 0.3 is 0 Å². The number of hydrogen-bond donors (Lipinski definition) is 1. The smallest absolute Gasteiger partial charge is 0.257 e. The number of allylic oxidation sites excluding steroid dienone is 1. The lowest BCUT2D eigenvalue weighted by Crippen LogP contribution is -2.33. The van der Waals surface area contributed by atoms with E-state index in [0.29, 0.717) is 11.2 Å². The second kappa shape index (κ2) is 6.02. The molecule has 2 nitrogen and oxygen atoms in total. The molecule has 0 heterocycles. The molecule has 1 N–H and O–H groups in total. The normalized spacial score (nSPS) is 21.8. The van der Waals surface area contributed by atoms with Crippen molar-refractivity contribution < 1.29 is 4.74 Å². The lowest BCUT2D eigenvalue weighted by atomic mass is 10.2. The van der Waals surface area contributed by atoms with Crippen LogP contribution >= 0.6 is 12.2 Å². The van der Waals surface area contributed by atoms with Crippen LogP contribution in [-0.2, 0) is 4.74 Å². The van der Waals surface area contributed by atoms with Crippen LogP contribution in [0.1, 0.15) is 39.5 Å². The van der Waals surface area contributed by atoms with Gasteiger partial charge in [0.2, 0.25) is 0 Å². The fourth-order valence-corrected chi connectivity index (χ4v) is 1.82. The van der Waals surface area contributed by atoms with Gasteiger partial charge in [0.15, 0.2) is 0 Å². The quantitative estimate of drug-likeness (QED) is 0.563. The summed E-state index contributed by atoms with van der Waals surface area (Å²) in [6.45, 7) is 4.11. The van der Waals surface area contributed by atoms with Gasteiger partial charge in [0, 0.05) is 6.04 Å². The maximum absolute atomic E-state index is 5.62. The molecule has 80 valence electrons. The van der Waals surface area contributed by atoms with Crippen LogP contribution < -0.4 is 5.32 Å². The Balaban J connectivity index is 2.31. The summed E-state index contributed by atoms with van der Waals surface area (Å²) in [7, 11) is 0. The van der Waals surface area contributed by atoms with E-state index in [4.69, 9.17) is 17.0 Å². The van der Waals surface area contributed by atoms with Crippen molar-refractivity contribution in [2.24, 2.45) is 0 Å². The zero-order valence-electron chi connectivity index (χ0n) is 8.95. The van der Waals surface area contributed by atoms with Crippen LogP contribution in [0.3, 0.4) is 0 Å². The van der Waals surface area contributed by atoms with Crippen LogP contribution in [0.2, 0.25) is 0 Å². The maximum Gasteiger partial charge on any atom is 0.257 e. The Bertz CT molecular complexity index is 213. The van der Waals surface area contributed by atoms with Crippen molar-refractivity contribution in [3.05, 3.63) is 12.2 Å². The fourth-order valence-electron chi connectivity index (χ4n) is 1.46. The van der Waals surface area contributed by atoms with Crippen molar-refractivity contribution in [1.82, 2.24) is 5.32 Å². The second-order valence-electron chi connectivity index (χ2n) is 3.96. The fraction of sp³-hybridized carbons (Fsp3) is 0.727. The Labute approximate surface area is 91.7 Å². The maximum atomic E-state index is 5.62. The Morgan fingerprint density at radius 1 is 1.50 bits per heavy atom. The van der Waals surface area contributed by atoms with Crippen LogP contribution in [0.25, 0.3) is 0 Å². The molecule has 0 aromatic heterocycles. The molecule has 0 spiro atoms. The highest BCUT2D eigenvalue weighted by molar-refractivity contribution is 7.80. The predicted octanol–water partition coefficient (Wildman–Crippen LogP) is 2.78. The predicted molar refractivity (Wildman–Crippen MR) is 63.4 cm³/mol. The molecule has 1 rings (SSSR count). The van der Waals surface area contributed by atoms with Gasteiger partial charge in [0.1, 0.15) is 6.10 Å². The second-order valence-corrected chi connectivity index (χ2v) is 4.33. The Morgan fingerprint density at radius 3 is 3.00 bits per heavy atom. The van der Waals surface area contributed by atoms with Crippen LogP contribution in [0.5, 0.6) is 0 Å². The summed E-state index contributed by atoms with van der Waals surface area (Å²) in [5.41, 5.74) is 0. The van der Waals surface area contributed by atoms with E-state index in [9.17, 15) is 0 Å². The molecule has 0 amide bonds. The molecular formula is C11H19NOS. The first-order valence-electron chi connectivity index (χ1n) is 5.32. The number of rotatable bonds is 2. The van der Waals surface area contributed by atoms with Crippen LogP contribution in [0.4, 0.5) is 0 Å². The highest BCUT2D eigenvalue weighted by Gasteiger charge is 2.10. The molecule has 0 bridgehead atoms. The highest BCUT2D eigenvalue weighted by Crippen LogP contribution is 2.13. The lowest BCUT2D eigenvalue weighted by Gasteiger charge is -2.17. The van der Waals surface area contributed by atoms with E-state index >= 15 is 0 Å². The molecule has 0 radical (unpaired) electrons. The van der Waals surface area contributed by atoms with Crippen LogP contribution in [0.15, 0.2) is 12.2 Å². The monoisotopic (exact) mass is 213 g/mol. The van der Waals surface area contributed by atoms with Gasteiger partial charge in [-0.2, -0.15) is 0 Å². The van der Waals surface area contributed by atoms with Gasteiger partial charge in [-0.3, -0.25) is 0 Å². The van der Waals surface area contributed by atoms with Gasteiger partial charge in [0.25, 0.3) is 5.17 Å². The van der Waals surface area contributed by atoms with Crippen molar-refractivity contribution >= 4 is 17.4 Å². The Hall–Kier alpha value is -0.570. The first-order chi connectivity index (χ1) is 6.68. The Kier molecular flexibility index (Phi) is 4.94. The van der Waals surface area contributed by atoms with Crippen molar-refractivity contribution in [1.29, 1.82) is 0 Å². The number of nitrogens with one attached hydrogen (secondary N) is 1. The van der Waals surface area contributed by atoms with Gasteiger partial charge < -0.3 is 10.1 Å². The summed E-state index contributed by atoms with van der Waals surface area (Å²) in [5, 5.41) is 3.61. The van der Waals surface area contributed by atoms with Gasteiger partial charge in [-0.15, -0.1) is 0 Å². The summed E-state index contributed by atoms with van der Waals surface area (Å²) in [4.78, 5) is 0. The Morgan fingerprint density at radius 2 is 2.29 bits per heavy atom. The van der Waals surface area contributed by atoms with E-state index in [-0.39, 0.29) is 6.10 Å². The molecular weight excluding hydrogens is 194 g/mol. The van der Waals surface area contributed by atoms with Gasteiger partial charge in [-0.25, -0.2) is 0 Å². The topological polar surface area (TPSA) is 21.3 Å². The summed E-state index contributed by atoms with van der Waals surface area (Å²) < 4.78 is 5.62. The molecule has 14 heavy (non-hydrogen) atoms. The first kappa shape index (κ1) is 11.5. The lowest BCUT2D eigenvalue weighted by molar-refractivity contribution is 0.218. The molecule has 0 aromatic rings. The van der Waals surface area contributed by atoms with E-state index in [1.54, 1.807) is 0 Å². The average Bonchev–Trinajstić information content (AvgIpc) is 2.31. The SMILES string of the molecule is CC(C)NC(=S)O[C@H]1C=CCCCC1. The van der Waals surface area contributed by atoms with Crippen LogP contribution in [0, 0.1) is 0 Å². The van der Waals surface area contributed by atoms with E-state index in [0.717, 1.165) is 6.42 Å². The van der Waals surface area contributed by atoms with Gasteiger partial charge in [0.05, 0.1) is 0 Å². The van der Waals surface area contributed by atoms with Crippen molar-refractivity contribution in [2.45, 2.75) is 51.7 Å². The van der Waals surface area contributed by atoms with Crippen molar-refractivity contribution in [3.63, 3.8) is 0 Å². The summed E-state index contributed by atoms with van der Waals surface area (Å²) in [6.07, 6.45) is 9.23. The molecule has 3 heteroatoms. The number of hydrogen-bond acceptors (Lipinski definition) is 2. The minimum atomic E-state index is 0.177. The minimum Gasteiger partial charge on any atom is -0.464 e. The molecule has 0 unspecified atom stereocenters. The van der Waals surface area contributed by atoms with E-state index in [2.05, 4.69) is 31.3 Å². The summed E-state index contributed by atoms with van der Waals surface area (Å²) in [6, 6.07) is 0.345. The third-order valence-corrected chi connectivity index (χ3v) is 2.34. The third-order valence-electron chi connectivity index (χ3n) is 2.13. The third kappa shape index (κ3) is 4.61. The highest BCUT2D eigenvalue weighted by atomic mass is 32.1. The largest absolute Gasteiger partial charge is 0.464 e. The zero-order valence-corrected chi connectivity index (χ0v) is 9.77. The molecule has 0 aromatic carbocycles. The molecule has 0 saturated heterocycles. The number of ether oxygens (including phenoxy) is 1. The van der Waals surface area contributed by atoms with E-state index in [1.165, 1.54) is 19.3 Å². The molecule has 1 atom stereocenters. The summed E-state index contributed by atoms with van der Waals surface area (Å²) >= 11 is 5.09. The van der Waals surface area contributed by atoms with Gasteiger partial charge in [-0.05, 0) is 57.8 Å². The zero-order chi connectivity index (χ0) is 10.4. The molecule has 0 saturated carbocycles.